The van der Waals surface area contributed by atoms with Crippen LogP contribution in [0.3, 0.4) is 0 Å². The second-order valence-electron chi connectivity index (χ2n) is 3.58. The van der Waals surface area contributed by atoms with Gasteiger partial charge in [0.2, 0.25) is 0 Å². The molecule has 15 heavy (non-hydrogen) atoms. The van der Waals surface area contributed by atoms with Gasteiger partial charge in [-0.15, -0.1) is 0 Å². The second kappa shape index (κ2) is 4.83. The quantitative estimate of drug-likeness (QED) is 0.737. The molecule has 0 N–H and O–H groups in total. The van der Waals surface area contributed by atoms with Crippen LogP contribution in [0.1, 0.15) is 43.4 Å². The SMILES string of the molecule is CCc1c(C#N)c(Cl)nc(Cl)c1C(C)C. The van der Waals surface area contributed by atoms with Crippen LogP contribution >= 0.6 is 23.2 Å². The molecule has 0 saturated heterocycles. The Morgan fingerprint density at radius 1 is 1.33 bits per heavy atom. The summed E-state index contributed by atoms with van der Waals surface area (Å²) in [6.07, 6.45) is 0.734. The molecule has 0 spiro atoms. The van der Waals surface area contributed by atoms with Crippen LogP contribution in [-0.2, 0) is 6.42 Å². The Hall–Kier alpha value is -0.780. The summed E-state index contributed by atoms with van der Waals surface area (Å²) >= 11 is 11.9. The van der Waals surface area contributed by atoms with Gasteiger partial charge >= 0.3 is 0 Å². The van der Waals surface area contributed by atoms with Gasteiger partial charge in [0.25, 0.3) is 0 Å². The van der Waals surface area contributed by atoms with Crippen molar-refractivity contribution >= 4 is 23.2 Å². The summed E-state index contributed by atoms with van der Waals surface area (Å²) in [4.78, 5) is 3.98. The fourth-order valence-electron chi connectivity index (χ4n) is 1.65. The summed E-state index contributed by atoms with van der Waals surface area (Å²) in [5, 5.41) is 9.62. The summed E-state index contributed by atoms with van der Waals surface area (Å²) in [6, 6.07) is 2.08. The molecule has 1 heterocycles. The average Bonchev–Trinajstić information content (AvgIpc) is 2.15. The molecule has 0 atom stereocenters. The molecule has 0 bridgehead atoms. The van der Waals surface area contributed by atoms with Crippen molar-refractivity contribution in [3.8, 4) is 6.07 Å². The van der Waals surface area contributed by atoms with Gasteiger partial charge in [0.15, 0.2) is 0 Å². The third kappa shape index (κ3) is 2.25. The maximum atomic E-state index is 9.01. The number of hydrogen-bond donors (Lipinski definition) is 0. The predicted octanol–water partition coefficient (Wildman–Crippen LogP) is 3.95. The third-order valence-corrected chi connectivity index (χ3v) is 2.86. The second-order valence-corrected chi connectivity index (χ2v) is 4.30. The van der Waals surface area contributed by atoms with Crippen molar-refractivity contribution in [1.29, 1.82) is 5.26 Å². The Morgan fingerprint density at radius 3 is 2.33 bits per heavy atom. The Kier molecular flexibility index (Phi) is 3.96. The molecule has 80 valence electrons. The normalized spacial score (nSPS) is 10.5. The fourth-order valence-corrected chi connectivity index (χ4v) is 2.35. The van der Waals surface area contributed by atoms with Crippen LogP contribution < -0.4 is 0 Å². The van der Waals surface area contributed by atoms with Gasteiger partial charge in [-0.25, -0.2) is 4.98 Å². The first-order valence-electron chi connectivity index (χ1n) is 4.80. The van der Waals surface area contributed by atoms with Gasteiger partial charge in [-0.1, -0.05) is 44.0 Å². The van der Waals surface area contributed by atoms with Gasteiger partial charge in [0, 0.05) is 0 Å². The number of halogens is 2. The Labute approximate surface area is 99.8 Å². The van der Waals surface area contributed by atoms with Crippen LogP contribution in [0.4, 0.5) is 0 Å². The average molecular weight is 243 g/mol. The van der Waals surface area contributed by atoms with Gasteiger partial charge in [-0.2, -0.15) is 5.26 Å². The summed E-state index contributed by atoms with van der Waals surface area (Å²) < 4.78 is 0. The largest absolute Gasteiger partial charge is 0.223 e. The molecule has 1 aromatic heterocycles. The van der Waals surface area contributed by atoms with E-state index >= 15 is 0 Å². The topological polar surface area (TPSA) is 36.7 Å². The molecular weight excluding hydrogens is 231 g/mol. The van der Waals surface area contributed by atoms with Gasteiger partial charge < -0.3 is 0 Å². The van der Waals surface area contributed by atoms with E-state index < -0.39 is 0 Å². The summed E-state index contributed by atoms with van der Waals surface area (Å²) in [7, 11) is 0. The zero-order valence-electron chi connectivity index (χ0n) is 8.93. The lowest BCUT2D eigenvalue weighted by molar-refractivity contribution is 0.833. The van der Waals surface area contributed by atoms with Crippen LogP contribution in [0.15, 0.2) is 0 Å². The Morgan fingerprint density at radius 2 is 1.93 bits per heavy atom. The number of aromatic nitrogens is 1. The van der Waals surface area contributed by atoms with E-state index in [1.165, 1.54) is 0 Å². The zero-order valence-corrected chi connectivity index (χ0v) is 10.4. The van der Waals surface area contributed by atoms with E-state index in [0.29, 0.717) is 10.7 Å². The fraction of sp³-hybridized carbons (Fsp3) is 0.455. The molecule has 0 aliphatic heterocycles. The number of hydrogen-bond acceptors (Lipinski definition) is 2. The smallest absolute Gasteiger partial charge is 0.148 e. The van der Waals surface area contributed by atoms with Crippen LogP contribution in [0.25, 0.3) is 0 Å². The van der Waals surface area contributed by atoms with E-state index in [2.05, 4.69) is 11.1 Å². The van der Waals surface area contributed by atoms with E-state index in [1.54, 1.807) is 0 Å². The van der Waals surface area contributed by atoms with Gasteiger partial charge in [0.05, 0.1) is 5.56 Å². The molecule has 4 heteroatoms. The van der Waals surface area contributed by atoms with Crippen LogP contribution in [0, 0.1) is 11.3 Å². The lowest BCUT2D eigenvalue weighted by Crippen LogP contribution is -2.03. The van der Waals surface area contributed by atoms with Crippen molar-refractivity contribution in [2.75, 3.05) is 0 Å². The Balaban J connectivity index is 3.59. The number of nitriles is 1. The summed E-state index contributed by atoms with van der Waals surface area (Å²) in [5.41, 5.74) is 2.30. The number of nitrogens with zero attached hydrogens (tertiary/aromatic N) is 2. The van der Waals surface area contributed by atoms with E-state index in [1.807, 2.05) is 20.8 Å². The maximum absolute atomic E-state index is 9.01. The van der Waals surface area contributed by atoms with Crippen LogP contribution in [-0.4, -0.2) is 4.98 Å². The van der Waals surface area contributed by atoms with Crippen LogP contribution in [0.5, 0.6) is 0 Å². The van der Waals surface area contributed by atoms with E-state index in [4.69, 9.17) is 28.5 Å². The monoisotopic (exact) mass is 242 g/mol. The van der Waals surface area contributed by atoms with Crippen molar-refractivity contribution in [3.05, 3.63) is 27.0 Å². The highest BCUT2D eigenvalue weighted by molar-refractivity contribution is 6.33. The standard InChI is InChI=1S/C11H12Cl2N2/c1-4-7-8(5-14)10(12)15-11(13)9(7)6(2)3/h6H,4H2,1-3H3. The van der Waals surface area contributed by atoms with Crippen molar-refractivity contribution in [2.45, 2.75) is 33.1 Å². The molecule has 0 aromatic carbocycles. The molecule has 0 aliphatic rings. The molecular formula is C11H12Cl2N2. The van der Waals surface area contributed by atoms with Crippen LogP contribution in [0.2, 0.25) is 10.3 Å². The minimum Gasteiger partial charge on any atom is -0.223 e. The minimum atomic E-state index is 0.198. The van der Waals surface area contributed by atoms with E-state index in [0.717, 1.165) is 17.5 Å². The van der Waals surface area contributed by atoms with Gasteiger partial charge in [-0.3, -0.25) is 0 Å². The number of rotatable bonds is 2. The molecule has 0 saturated carbocycles. The number of pyridine rings is 1. The molecule has 0 amide bonds. The maximum Gasteiger partial charge on any atom is 0.148 e. The molecule has 2 nitrogen and oxygen atoms in total. The lowest BCUT2D eigenvalue weighted by atomic mass is 9.95. The molecule has 0 aliphatic carbocycles. The Bertz CT molecular complexity index is 420. The highest BCUT2D eigenvalue weighted by Crippen LogP contribution is 2.32. The molecule has 1 rings (SSSR count). The third-order valence-electron chi connectivity index (χ3n) is 2.29. The molecule has 0 unspecified atom stereocenters. The lowest BCUT2D eigenvalue weighted by Gasteiger charge is -2.15. The molecule has 1 aromatic rings. The van der Waals surface area contributed by atoms with Gasteiger partial charge in [0.1, 0.15) is 16.4 Å². The molecule has 0 fully saturated rings. The highest BCUT2D eigenvalue weighted by Gasteiger charge is 2.18. The molecule has 0 radical (unpaired) electrons. The van der Waals surface area contributed by atoms with E-state index in [-0.39, 0.29) is 11.1 Å². The minimum absolute atomic E-state index is 0.198. The predicted molar refractivity (Wildman–Crippen MR) is 62.4 cm³/mol. The highest BCUT2D eigenvalue weighted by atomic mass is 35.5. The van der Waals surface area contributed by atoms with Crippen molar-refractivity contribution < 1.29 is 0 Å². The first kappa shape index (κ1) is 12.3. The summed E-state index contributed by atoms with van der Waals surface area (Å²) in [6.45, 7) is 6.03. The van der Waals surface area contributed by atoms with Crippen molar-refractivity contribution in [1.82, 2.24) is 4.98 Å². The van der Waals surface area contributed by atoms with Crippen molar-refractivity contribution in [2.24, 2.45) is 0 Å². The van der Waals surface area contributed by atoms with Crippen molar-refractivity contribution in [3.63, 3.8) is 0 Å². The first-order valence-corrected chi connectivity index (χ1v) is 5.56. The first-order chi connectivity index (χ1) is 7.02. The van der Waals surface area contributed by atoms with Gasteiger partial charge in [-0.05, 0) is 23.5 Å². The summed E-state index contributed by atoms with van der Waals surface area (Å²) in [5.74, 6) is 0.240. The van der Waals surface area contributed by atoms with E-state index in [9.17, 15) is 0 Å². The zero-order chi connectivity index (χ0) is 11.6.